The highest BCUT2D eigenvalue weighted by Crippen LogP contribution is 2.72. The van der Waals surface area contributed by atoms with Gasteiger partial charge in [-0.1, -0.05) is 109 Å². The normalized spacial score (nSPS) is 45.6. The van der Waals surface area contributed by atoms with Gasteiger partial charge in [-0.15, -0.1) is 0 Å². The van der Waals surface area contributed by atoms with Crippen LogP contribution in [0.4, 0.5) is 0 Å². The molecule has 196 valence electrons. The van der Waals surface area contributed by atoms with Crippen LogP contribution in [0, 0.1) is 0 Å². The van der Waals surface area contributed by atoms with E-state index in [1.54, 1.807) is 0 Å². The quantitative estimate of drug-likeness (QED) is 0.316. The van der Waals surface area contributed by atoms with E-state index in [1.165, 1.54) is 109 Å². The fourth-order valence-corrected chi connectivity index (χ4v) is 14.1. The second-order valence-electron chi connectivity index (χ2n) is 12.6. The Balaban J connectivity index is 1.52. The zero-order chi connectivity index (χ0) is 23.2. The molecule has 5 fully saturated rings. The van der Waals surface area contributed by atoms with Gasteiger partial charge in [-0.25, -0.2) is 0 Å². The Hall–Kier alpha value is 0.150. The lowest BCUT2D eigenvalue weighted by molar-refractivity contribution is -0.104. The predicted molar refractivity (Wildman–Crippen MR) is 142 cm³/mol. The van der Waals surface area contributed by atoms with Crippen LogP contribution in [0.3, 0.4) is 0 Å². The Morgan fingerprint density at radius 1 is 0.382 bits per heavy atom. The van der Waals surface area contributed by atoms with Crippen molar-refractivity contribution in [1.82, 2.24) is 0 Å². The number of hydrogen-bond acceptors (Lipinski definition) is 3. The molecule has 8 unspecified atom stereocenters. The number of hydrogen-bond donors (Lipinski definition) is 0. The topological polar surface area (TPSA) is 35.5 Å². The molecule has 0 bridgehead atoms. The lowest BCUT2D eigenvalue weighted by Crippen LogP contribution is -2.59. The van der Waals surface area contributed by atoms with Crippen LogP contribution in [0.15, 0.2) is 0 Å². The SMILES string of the molecule is O=P12C3CCCCCCCCCC3OC3CCCCCCCCC(OC4CCCCCCC41)C32. The van der Waals surface area contributed by atoms with Gasteiger partial charge in [0.15, 0.2) is 0 Å². The van der Waals surface area contributed by atoms with Crippen LogP contribution in [0.1, 0.15) is 148 Å². The van der Waals surface area contributed by atoms with Crippen LogP contribution in [0.2, 0.25) is 0 Å². The Morgan fingerprint density at radius 3 is 1.06 bits per heavy atom. The summed E-state index contributed by atoms with van der Waals surface area (Å²) in [4.78, 5) is 0. The molecule has 2 heterocycles. The molecule has 0 aromatic heterocycles. The standard InChI is InChI=1S/C30H53O3P/c31-34-28-22-16-9-3-1-2-6-12-18-24(28)32-26-20-14-7-4-5-8-15-21-27(30(26)34)33-25-19-13-10-11-17-23-29(25)34/h24-30H,1-23H2. The molecule has 0 aromatic rings. The molecule has 34 heavy (non-hydrogen) atoms. The molecule has 4 heteroatoms. The number of fused-ring (bicyclic) bond motifs is 4. The first kappa shape index (κ1) is 25.8. The number of rotatable bonds is 0. The predicted octanol–water partition coefficient (Wildman–Crippen LogP) is 9.00. The Morgan fingerprint density at radius 2 is 0.676 bits per heavy atom. The van der Waals surface area contributed by atoms with Gasteiger partial charge in [0, 0.05) is 11.3 Å². The third-order valence-electron chi connectivity index (χ3n) is 10.3. The molecule has 0 N–H and O–H groups in total. The highest BCUT2D eigenvalue weighted by molar-refractivity contribution is 7.66. The van der Waals surface area contributed by atoms with Gasteiger partial charge in [0.2, 0.25) is 0 Å². The first-order chi connectivity index (χ1) is 16.8. The molecule has 3 nitrogen and oxygen atoms in total. The van der Waals surface area contributed by atoms with Crippen molar-refractivity contribution in [3.8, 4) is 0 Å². The highest BCUT2D eigenvalue weighted by atomic mass is 31.2. The summed E-state index contributed by atoms with van der Waals surface area (Å²) >= 11 is 0. The fourth-order valence-electron chi connectivity index (χ4n) is 8.57. The van der Waals surface area contributed by atoms with Crippen molar-refractivity contribution in [2.45, 2.75) is 189 Å². The van der Waals surface area contributed by atoms with Gasteiger partial charge in [0.25, 0.3) is 0 Å². The highest BCUT2D eigenvalue weighted by Gasteiger charge is 2.62. The lowest BCUT2D eigenvalue weighted by atomic mass is 9.95. The monoisotopic (exact) mass is 492 g/mol. The van der Waals surface area contributed by atoms with Crippen LogP contribution in [0.5, 0.6) is 0 Å². The maximum Gasteiger partial charge on any atom is 0.107 e. The summed E-state index contributed by atoms with van der Waals surface area (Å²) in [6, 6.07) is 0. The molecule has 8 atom stereocenters. The number of ether oxygens (including phenoxy) is 2. The smallest absolute Gasteiger partial charge is 0.107 e. The molecule has 5 rings (SSSR count). The summed E-state index contributed by atoms with van der Waals surface area (Å²) < 4.78 is 30.1. The maximum atomic E-state index is 16.0. The summed E-state index contributed by atoms with van der Waals surface area (Å²) in [6.07, 6.45) is 30.1. The van der Waals surface area contributed by atoms with Crippen molar-refractivity contribution < 1.29 is 14.0 Å². The molecule has 2 aliphatic heterocycles. The van der Waals surface area contributed by atoms with Crippen LogP contribution in [-0.4, -0.2) is 41.4 Å². The molecule has 3 aliphatic carbocycles. The van der Waals surface area contributed by atoms with Crippen molar-refractivity contribution in [2.75, 3.05) is 0 Å². The molecule has 0 aromatic carbocycles. The van der Waals surface area contributed by atoms with Crippen molar-refractivity contribution in [3.05, 3.63) is 0 Å². The van der Waals surface area contributed by atoms with Gasteiger partial charge in [0.1, 0.15) is 7.14 Å². The van der Waals surface area contributed by atoms with Crippen molar-refractivity contribution in [3.63, 3.8) is 0 Å². The van der Waals surface area contributed by atoms with Gasteiger partial charge in [-0.3, -0.25) is 0 Å². The molecule has 0 spiro atoms. The van der Waals surface area contributed by atoms with Gasteiger partial charge < -0.3 is 14.0 Å². The lowest BCUT2D eigenvalue weighted by Gasteiger charge is -2.57. The Labute approximate surface area is 210 Å². The summed E-state index contributed by atoms with van der Waals surface area (Å²) in [6.45, 7) is 0. The van der Waals surface area contributed by atoms with Gasteiger partial charge >= 0.3 is 0 Å². The minimum absolute atomic E-state index is 0.187. The molecule has 5 aliphatic rings. The van der Waals surface area contributed by atoms with E-state index in [2.05, 4.69) is 0 Å². The van der Waals surface area contributed by atoms with E-state index in [9.17, 15) is 0 Å². The van der Waals surface area contributed by atoms with Gasteiger partial charge in [0.05, 0.1) is 30.1 Å². The molecule has 3 saturated carbocycles. The van der Waals surface area contributed by atoms with E-state index >= 15 is 4.57 Å². The van der Waals surface area contributed by atoms with Crippen LogP contribution in [-0.2, 0) is 14.0 Å². The van der Waals surface area contributed by atoms with Crippen molar-refractivity contribution >= 4 is 7.14 Å². The average Bonchev–Trinajstić information content (AvgIpc) is 2.89. The first-order valence-electron chi connectivity index (χ1n) is 15.7. The van der Waals surface area contributed by atoms with Crippen molar-refractivity contribution in [2.24, 2.45) is 0 Å². The summed E-state index contributed by atoms with van der Waals surface area (Å²) in [5.41, 5.74) is 0.830. The average molecular weight is 493 g/mol. The second-order valence-corrected chi connectivity index (χ2v) is 16.0. The zero-order valence-electron chi connectivity index (χ0n) is 22.0. The third kappa shape index (κ3) is 5.67. The van der Waals surface area contributed by atoms with Crippen LogP contribution < -0.4 is 0 Å². The summed E-state index contributed by atoms with van der Waals surface area (Å²) in [5.74, 6) is 0. The Bertz CT molecular complexity index is 665. The summed E-state index contributed by atoms with van der Waals surface area (Å²) in [5, 5.41) is 0. The zero-order valence-corrected chi connectivity index (χ0v) is 22.9. The Kier molecular flexibility index (Phi) is 9.55. The van der Waals surface area contributed by atoms with E-state index in [1.807, 2.05) is 0 Å². The third-order valence-corrected chi connectivity index (χ3v) is 15.1. The van der Waals surface area contributed by atoms with Crippen LogP contribution >= 0.6 is 7.14 Å². The largest absolute Gasteiger partial charge is 0.373 e. The van der Waals surface area contributed by atoms with E-state index in [-0.39, 0.29) is 30.1 Å². The first-order valence-corrected chi connectivity index (χ1v) is 17.6. The van der Waals surface area contributed by atoms with Crippen molar-refractivity contribution in [1.29, 1.82) is 0 Å². The maximum absolute atomic E-state index is 16.0. The minimum atomic E-state index is -2.44. The minimum Gasteiger partial charge on any atom is -0.373 e. The van der Waals surface area contributed by atoms with Crippen LogP contribution in [0.25, 0.3) is 0 Å². The molecular formula is C30H53O3P. The van der Waals surface area contributed by atoms with E-state index < -0.39 is 7.14 Å². The van der Waals surface area contributed by atoms with Gasteiger partial charge in [-0.05, 0) is 38.5 Å². The molecule has 0 radical (unpaired) electrons. The van der Waals surface area contributed by atoms with Gasteiger partial charge in [-0.2, -0.15) is 0 Å². The van der Waals surface area contributed by atoms with E-state index in [4.69, 9.17) is 9.47 Å². The molecule has 0 amide bonds. The summed E-state index contributed by atoms with van der Waals surface area (Å²) in [7, 11) is -2.44. The molecular weight excluding hydrogens is 439 g/mol. The van der Waals surface area contributed by atoms with E-state index in [0.29, 0.717) is 11.3 Å². The van der Waals surface area contributed by atoms with E-state index in [0.717, 1.165) is 38.5 Å². The second kappa shape index (κ2) is 12.6. The fraction of sp³-hybridized carbons (Fsp3) is 1.00. The molecule has 2 saturated heterocycles.